The van der Waals surface area contributed by atoms with Crippen LogP contribution in [0.15, 0.2) is 32.7 Å². The quantitative estimate of drug-likeness (QED) is 0.867. The first-order chi connectivity index (χ1) is 7.74. The maximum Gasteiger partial charge on any atom is 0.0701 e. The molecular formula is C12H14BrNS2. The molecule has 1 N–H and O–H groups in total. The molecule has 1 atom stereocenters. The van der Waals surface area contributed by atoms with E-state index >= 15 is 0 Å². The number of hydrogen-bond donors (Lipinski definition) is 1. The molecule has 2 heterocycles. The van der Waals surface area contributed by atoms with Crippen LogP contribution < -0.4 is 5.32 Å². The van der Waals surface area contributed by atoms with Gasteiger partial charge in [0.25, 0.3) is 0 Å². The third kappa shape index (κ3) is 3.70. The second kappa shape index (κ2) is 5.96. The van der Waals surface area contributed by atoms with Crippen LogP contribution >= 0.6 is 38.6 Å². The van der Waals surface area contributed by atoms with Crippen molar-refractivity contribution in [1.29, 1.82) is 0 Å². The zero-order chi connectivity index (χ0) is 11.4. The molecule has 1 nitrogen and oxygen atoms in total. The summed E-state index contributed by atoms with van der Waals surface area (Å²) in [6.45, 7) is 3.19. The van der Waals surface area contributed by atoms with E-state index in [9.17, 15) is 0 Å². The van der Waals surface area contributed by atoms with Gasteiger partial charge in [0.1, 0.15) is 0 Å². The summed E-state index contributed by atoms with van der Waals surface area (Å²) < 4.78 is 1.20. The minimum Gasteiger partial charge on any atom is -0.310 e. The molecule has 0 aliphatic carbocycles. The van der Waals surface area contributed by atoms with E-state index in [-0.39, 0.29) is 0 Å². The molecule has 0 bridgehead atoms. The number of hydrogen-bond acceptors (Lipinski definition) is 3. The van der Waals surface area contributed by atoms with Crippen LogP contribution in [0.2, 0.25) is 0 Å². The summed E-state index contributed by atoms with van der Waals surface area (Å²) >= 11 is 7.05. The van der Waals surface area contributed by atoms with E-state index in [1.165, 1.54) is 14.2 Å². The lowest BCUT2D eigenvalue weighted by Crippen LogP contribution is -2.26. The lowest BCUT2D eigenvalue weighted by Gasteiger charge is -2.11. The summed E-state index contributed by atoms with van der Waals surface area (Å²) in [5.41, 5.74) is 1.36. The van der Waals surface area contributed by atoms with E-state index in [0.29, 0.717) is 6.04 Å². The van der Waals surface area contributed by atoms with E-state index in [1.54, 1.807) is 11.3 Å². The maximum atomic E-state index is 3.54. The SMILES string of the molecule is CC(Cc1cccs1)NCc1csc(Br)c1. The maximum absolute atomic E-state index is 3.54. The summed E-state index contributed by atoms with van der Waals surface area (Å²) in [6, 6.07) is 7.01. The largest absolute Gasteiger partial charge is 0.310 e. The molecule has 86 valence electrons. The van der Waals surface area contributed by atoms with Gasteiger partial charge in [0.05, 0.1) is 3.79 Å². The Hall–Kier alpha value is -0.160. The van der Waals surface area contributed by atoms with E-state index in [1.807, 2.05) is 11.3 Å². The zero-order valence-corrected chi connectivity index (χ0v) is 12.3. The summed E-state index contributed by atoms with van der Waals surface area (Å²) in [7, 11) is 0. The molecule has 0 fully saturated rings. The normalized spacial score (nSPS) is 12.9. The van der Waals surface area contributed by atoms with Crippen LogP contribution in [-0.4, -0.2) is 6.04 Å². The molecule has 0 spiro atoms. The molecule has 2 aromatic rings. The van der Waals surface area contributed by atoms with Crippen LogP contribution in [0.4, 0.5) is 0 Å². The van der Waals surface area contributed by atoms with Gasteiger partial charge >= 0.3 is 0 Å². The molecule has 2 rings (SSSR count). The minimum atomic E-state index is 0.525. The van der Waals surface area contributed by atoms with Gasteiger partial charge in [-0.2, -0.15) is 0 Å². The Labute approximate surface area is 113 Å². The molecule has 2 aromatic heterocycles. The van der Waals surface area contributed by atoms with Gasteiger partial charge in [-0.05, 0) is 57.7 Å². The van der Waals surface area contributed by atoms with Gasteiger partial charge in [-0.3, -0.25) is 0 Å². The van der Waals surface area contributed by atoms with E-state index in [2.05, 4.69) is 57.1 Å². The third-order valence-corrected chi connectivity index (χ3v) is 4.82. The fourth-order valence-electron chi connectivity index (χ4n) is 1.53. The number of thiophene rings is 2. The Morgan fingerprint density at radius 2 is 2.31 bits per heavy atom. The van der Waals surface area contributed by atoms with Crippen molar-refractivity contribution in [3.63, 3.8) is 0 Å². The van der Waals surface area contributed by atoms with Crippen LogP contribution in [0.5, 0.6) is 0 Å². The fraction of sp³-hybridized carbons (Fsp3) is 0.333. The summed E-state index contributed by atoms with van der Waals surface area (Å²) in [5.74, 6) is 0. The van der Waals surface area contributed by atoms with Crippen LogP contribution in [-0.2, 0) is 13.0 Å². The van der Waals surface area contributed by atoms with Crippen LogP contribution in [0.3, 0.4) is 0 Å². The van der Waals surface area contributed by atoms with Crippen molar-refractivity contribution in [3.8, 4) is 0 Å². The molecule has 4 heteroatoms. The average molecular weight is 316 g/mol. The number of rotatable bonds is 5. The molecule has 0 aliphatic rings. The monoisotopic (exact) mass is 315 g/mol. The predicted octanol–water partition coefficient (Wildman–Crippen LogP) is 4.29. The highest BCUT2D eigenvalue weighted by Crippen LogP contribution is 2.20. The molecule has 16 heavy (non-hydrogen) atoms. The molecule has 0 radical (unpaired) electrons. The van der Waals surface area contributed by atoms with Crippen molar-refractivity contribution in [1.82, 2.24) is 5.32 Å². The smallest absolute Gasteiger partial charge is 0.0701 e. The lowest BCUT2D eigenvalue weighted by atomic mass is 10.2. The van der Waals surface area contributed by atoms with Crippen molar-refractivity contribution in [2.75, 3.05) is 0 Å². The molecule has 0 aliphatic heterocycles. The summed E-state index contributed by atoms with van der Waals surface area (Å²) in [5, 5.41) is 7.87. The Morgan fingerprint density at radius 1 is 1.44 bits per heavy atom. The van der Waals surface area contributed by atoms with Gasteiger partial charge in [0.15, 0.2) is 0 Å². The van der Waals surface area contributed by atoms with E-state index in [4.69, 9.17) is 0 Å². The van der Waals surface area contributed by atoms with Crippen LogP contribution in [0, 0.1) is 0 Å². The zero-order valence-electron chi connectivity index (χ0n) is 9.07. The molecule has 0 aromatic carbocycles. The Morgan fingerprint density at radius 3 is 2.94 bits per heavy atom. The summed E-state index contributed by atoms with van der Waals surface area (Å²) in [4.78, 5) is 1.45. The van der Waals surface area contributed by atoms with Gasteiger partial charge < -0.3 is 5.32 Å². The topological polar surface area (TPSA) is 12.0 Å². The van der Waals surface area contributed by atoms with Crippen molar-refractivity contribution >= 4 is 38.6 Å². The summed E-state index contributed by atoms with van der Waals surface area (Å²) in [6.07, 6.45) is 1.11. The van der Waals surface area contributed by atoms with Crippen molar-refractivity contribution in [2.45, 2.75) is 25.9 Å². The molecule has 0 amide bonds. The van der Waals surface area contributed by atoms with Crippen LogP contribution in [0.1, 0.15) is 17.4 Å². The van der Waals surface area contributed by atoms with Crippen molar-refractivity contribution in [2.24, 2.45) is 0 Å². The highest BCUT2D eigenvalue weighted by atomic mass is 79.9. The van der Waals surface area contributed by atoms with Gasteiger partial charge in [-0.15, -0.1) is 22.7 Å². The lowest BCUT2D eigenvalue weighted by molar-refractivity contribution is 0.549. The highest BCUT2D eigenvalue weighted by Gasteiger charge is 2.04. The Bertz CT molecular complexity index is 422. The van der Waals surface area contributed by atoms with Gasteiger partial charge in [0.2, 0.25) is 0 Å². The fourth-order valence-corrected chi connectivity index (χ4v) is 3.58. The van der Waals surface area contributed by atoms with Gasteiger partial charge in [0, 0.05) is 17.5 Å². The van der Waals surface area contributed by atoms with E-state index in [0.717, 1.165) is 13.0 Å². The second-order valence-corrected chi connectivity index (χ2v) is 7.15. The van der Waals surface area contributed by atoms with Gasteiger partial charge in [-0.1, -0.05) is 6.07 Å². The number of nitrogens with one attached hydrogen (secondary N) is 1. The van der Waals surface area contributed by atoms with Crippen molar-refractivity contribution < 1.29 is 0 Å². The van der Waals surface area contributed by atoms with Crippen molar-refractivity contribution in [3.05, 3.63) is 43.2 Å². The van der Waals surface area contributed by atoms with E-state index < -0.39 is 0 Å². The number of halogens is 1. The standard InChI is InChI=1S/C12H14BrNS2/c1-9(5-11-3-2-4-15-11)14-7-10-6-12(13)16-8-10/h2-4,6,8-9,14H,5,7H2,1H3. The van der Waals surface area contributed by atoms with Crippen LogP contribution in [0.25, 0.3) is 0 Å². The first kappa shape index (κ1) is 12.3. The Balaban J connectivity index is 1.77. The molecular weight excluding hydrogens is 302 g/mol. The average Bonchev–Trinajstić information content (AvgIpc) is 2.87. The Kier molecular flexibility index (Phi) is 4.58. The third-order valence-electron chi connectivity index (χ3n) is 2.36. The predicted molar refractivity (Wildman–Crippen MR) is 76.3 cm³/mol. The highest BCUT2D eigenvalue weighted by molar-refractivity contribution is 9.11. The first-order valence-corrected chi connectivity index (χ1v) is 7.78. The van der Waals surface area contributed by atoms with Gasteiger partial charge in [-0.25, -0.2) is 0 Å². The first-order valence-electron chi connectivity index (χ1n) is 5.22. The minimum absolute atomic E-state index is 0.525. The molecule has 1 unspecified atom stereocenters. The molecule has 0 saturated heterocycles. The molecule has 0 saturated carbocycles. The second-order valence-electron chi connectivity index (χ2n) is 3.82.